The minimum Gasteiger partial charge on any atom is -0.326 e. The number of anilines is 1. The number of H-pyrrole nitrogens is 1. The molecular formula is C20H19N5OS3. The van der Waals surface area contributed by atoms with E-state index in [9.17, 15) is 4.79 Å². The van der Waals surface area contributed by atoms with Gasteiger partial charge in [0.25, 0.3) is 0 Å². The van der Waals surface area contributed by atoms with Crippen molar-refractivity contribution in [1.82, 2.24) is 20.2 Å². The van der Waals surface area contributed by atoms with Crippen LogP contribution in [-0.2, 0) is 23.4 Å². The molecule has 0 saturated carbocycles. The lowest BCUT2D eigenvalue weighted by molar-refractivity contribution is -0.115. The van der Waals surface area contributed by atoms with E-state index < -0.39 is 0 Å². The summed E-state index contributed by atoms with van der Waals surface area (Å²) in [5, 5.41) is 15.7. The van der Waals surface area contributed by atoms with Crippen LogP contribution in [0, 0.1) is 6.92 Å². The smallest absolute Gasteiger partial charge is 0.231 e. The average molecular weight is 442 g/mol. The van der Waals surface area contributed by atoms with Crippen molar-refractivity contribution >= 4 is 46.0 Å². The predicted molar refractivity (Wildman–Crippen MR) is 119 cm³/mol. The number of thioether (sulfide) groups is 1. The second-order valence-electron chi connectivity index (χ2n) is 6.43. The molecule has 1 aromatic carbocycles. The molecule has 4 rings (SSSR count). The Labute approximate surface area is 180 Å². The summed E-state index contributed by atoms with van der Waals surface area (Å²) in [6.45, 7) is 2.02. The zero-order chi connectivity index (χ0) is 20.1. The zero-order valence-electron chi connectivity index (χ0n) is 15.7. The fraction of sp³-hybridized carbons (Fsp3) is 0.200. The highest BCUT2D eigenvalue weighted by Crippen LogP contribution is 2.22. The molecule has 6 nitrogen and oxygen atoms in total. The highest BCUT2D eigenvalue weighted by molar-refractivity contribution is 7.98. The van der Waals surface area contributed by atoms with E-state index in [1.165, 1.54) is 28.0 Å². The number of nitrogens with zero attached hydrogens (tertiary/aromatic N) is 3. The third-order valence-electron chi connectivity index (χ3n) is 4.03. The van der Waals surface area contributed by atoms with E-state index in [4.69, 9.17) is 0 Å². The Bertz CT molecular complexity index is 1070. The van der Waals surface area contributed by atoms with Gasteiger partial charge in [-0.15, -0.1) is 27.8 Å². The average Bonchev–Trinajstić information content (AvgIpc) is 3.45. The van der Waals surface area contributed by atoms with Gasteiger partial charge in [0, 0.05) is 28.1 Å². The molecule has 29 heavy (non-hydrogen) atoms. The second kappa shape index (κ2) is 9.34. The fourth-order valence-corrected chi connectivity index (χ4v) is 4.93. The maximum Gasteiger partial charge on any atom is 0.231 e. The van der Waals surface area contributed by atoms with Crippen molar-refractivity contribution in [3.63, 3.8) is 0 Å². The van der Waals surface area contributed by atoms with Crippen molar-refractivity contribution in [1.29, 1.82) is 0 Å². The number of thiophene rings is 1. The van der Waals surface area contributed by atoms with Crippen molar-refractivity contribution in [3.05, 3.63) is 74.1 Å². The molecule has 0 fully saturated rings. The third-order valence-corrected chi connectivity index (χ3v) is 6.68. The van der Waals surface area contributed by atoms with Gasteiger partial charge in [-0.2, -0.15) is 0 Å². The summed E-state index contributed by atoms with van der Waals surface area (Å²) < 4.78 is 0. The maximum atomic E-state index is 12.2. The lowest BCUT2D eigenvalue weighted by Crippen LogP contribution is -2.14. The molecule has 0 bridgehead atoms. The van der Waals surface area contributed by atoms with Crippen LogP contribution in [0.4, 0.5) is 5.69 Å². The van der Waals surface area contributed by atoms with Crippen LogP contribution >= 0.6 is 34.4 Å². The second-order valence-corrected chi connectivity index (χ2v) is 9.35. The summed E-state index contributed by atoms with van der Waals surface area (Å²) in [7, 11) is 0. The number of benzene rings is 1. The Morgan fingerprint density at radius 2 is 2.03 bits per heavy atom. The number of hydrogen-bond donors (Lipinski definition) is 2. The van der Waals surface area contributed by atoms with Gasteiger partial charge in [-0.3, -0.25) is 9.89 Å². The molecule has 0 saturated heterocycles. The van der Waals surface area contributed by atoms with Crippen LogP contribution in [0.25, 0.3) is 0 Å². The highest BCUT2D eigenvalue weighted by Gasteiger charge is 2.11. The van der Waals surface area contributed by atoms with Gasteiger partial charge in [0.2, 0.25) is 11.1 Å². The summed E-state index contributed by atoms with van der Waals surface area (Å²) in [6.07, 6.45) is 1.04. The molecule has 4 aromatic rings. The molecule has 148 valence electrons. The molecule has 0 aliphatic carbocycles. The van der Waals surface area contributed by atoms with E-state index in [-0.39, 0.29) is 12.3 Å². The number of aryl methyl sites for hydroxylation is 1. The van der Waals surface area contributed by atoms with E-state index in [1.807, 2.05) is 42.6 Å². The quantitative estimate of drug-likeness (QED) is 0.387. The number of carbonyl (C=O) groups is 1. The molecule has 9 heteroatoms. The Balaban J connectivity index is 1.26. The molecule has 0 unspecified atom stereocenters. The lowest BCUT2D eigenvalue weighted by atomic mass is 10.2. The highest BCUT2D eigenvalue weighted by atomic mass is 32.2. The number of aromatic nitrogens is 4. The third kappa shape index (κ3) is 5.75. The monoisotopic (exact) mass is 441 g/mol. The van der Waals surface area contributed by atoms with Crippen LogP contribution in [0.15, 0.2) is 52.3 Å². The minimum absolute atomic E-state index is 0.0606. The number of aromatic amines is 1. The molecule has 0 atom stereocenters. The Kier molecular flexibility index (Phi) is 6.38. The molecule has 3 heterocycles. The van der Waals surface area contributed by atoms with Gasteiger partial charge < -0.3 is 5.32 Å². The summed E-state index contributed by atoms with van der Waals surface area (Å²) in [5.74, 6) is 1.48. The van der Waals surface area contributed by atoms with Gasteiger partial charge in [-0.1, -0.05) is 35.5 Å². The van der Waals surface area contributed by atoms with Crippen LogP contribution in [0.1, 0.15) is 27.0 Å². The number of carbonyl (C=O) groups excluding carboxylic acids is 1. The van der Waals surface area contributed by atoms with Crippen LogP contribution in [-0.4, -0.2) is 26.1 Å². The molecule has 2 N–H and O–H groups in total. The number of nitrogens with one attached hydrogen (secondary N) is 2. The van der Waals surface area contributed by atoms with E-state index in [2.05, 4.69) is 36.9 Å². The molecule has 0 radical (unpaired) electrons. The van der Waals surface area contributed by atoms with Crippen molar-refractivity contribution in [3.8, 4) is 0 Å². The molecule has 1 amide bonds. The number of hydrogen-bond acceptors (Lipinski definition) is 7. The fourth-order valence-electron chi connectivity index (χ4n) is 2.61. The van der Waals surface area contributed by atoms with Crippen LogP contribution in [0.2, 0.25) is 0 Å². The Hall–Kier alpha value is -2.49. The Morgan fingerprint density at radius 3 is 2.83 bits per heavy atom. The van der Waals surface area contributed by atoms with Gasteiger partial charge in [0.1, 0.15) is 10.8 Å². The first-order valence-electron chi connectivity index (χ1n) is 9.00. The maximum absolute atomic E-state index is 12.2. The topological polar surface area (TPSA) is 83.6 Å². The van der Waals surface area contributed by atoms with Crippen LogP contribution in [0.3, 0.4) is 0 Å². The number of thiazole rings is 1. The molecule has 3 aromatic heterocycles. The van der Waals surface area contributed by atoms with Gasteiger partial charge in [-0.05, 0) is 30.5 Å². The van der Waals surface area contributed by atoms with Crippen LogP contribution in [0.5, 0.6) is 0 Å². The normalized spacial score (nSPS) is 10.9. The molecule has 0 spiro atoms. The standard InChI is InChI=1S/C20H19N5OS3/c1-13-4-6-14(7-5-13)21-18(26)10-19-22-15(11-28-19)12-29-20-23-17(24-25-20)9-16-3-2-8-27-16/h2-8,11H,9-10,12H2,1H3,(H,21,26)(H,23,24,25). The number of rotatable bonds is 8. The lowest BCUT2D eigenvalue weighted by Gasteiger charge is -2.04. The predicted octanol–water partition coefficient (Wildman–Crippen LogP) is 4.70. The largest absolute Gasteiger partial charge is 0.326 e. The summed E-state index contributed by atoms with van der Waals surface area (Å²) in [6, 6.07) is 11.9. The molecule has 0 aliphatic heterocycles. The van der Waals surface area contributed by atoms with Gasteiger partial charge in [0.15, 0.2) is 0 Å². The molecule has 0 aliphatic rings. The first-order chi connectivity index (χ1) is 14.1. The van der Waals surface area contributed by atoms with E-state index in [0.717, 1.165) is 34.2 Å². The SMILES string of the molecule is Cc1ccc(NC(=O)Cc2nc(CSc3n[nH]c(Cc4cccs4)n3)cs2)cc1. The van der Waals surface area contributed by atoms with Crippen molar-refractivity contribution < 1.29 is 4.79 Å². The van der Waals surface area contributed by atoms with E-state index in [1.54, 1.807) is 11.3 Å². The van der Waals surface area contributed by atoms with E-state index >= 15 is 0 Å². The van der Waals surface area contributed by atoms with Crippen molar-refractivity contribution in [2.45, 2.75) is 30.7 Å². The first kappa shape index (κ1) is 19.8. The van der Waals surface area contributed by atoms with Crippen LogP contribution < -0.4 is 5.32 Å². The van der Waals surface area contributed by atoms with E-state index in [0.29, 0.717) is 10.9 Å². The van der Waals surface area contributed by atoms with Gasteiger partial charge >= 0.3 is 0 Å². The van der Waals surface area contributed by atoms with Crippen molar-refractivity contribution in [2.75, 3.05) is 5.32 Å². The Morgan fingerprint density at radius 1 is 1.17 bits per heavy atom. The first-order valence-corrected chi connectivity index (χ1v) is 11.7. The minimum atomic E-state index is -0.0606. The molecular weight excluding hydrogens is 422 g/mol. The summed E-state index contributed by atoms with van der Waals surface area (Å²) >= 11 is 4.75. The summed E-state index contributed by atoms with van der Waals surface area (Å²) in [5.41, 5.74) is 2.90. The summed E-state index contributed by atoms with van der Waals surface area (Å²) in [4.78, 5) is 22.6. The number of amides is 1. The van der Waals surface area contributed by atoms with Crippen molar-refractivity contribution in [2.24, 2.45) is 0 Å². The zero-order valence-corrected chi connectivity index (χ0v) is 18.2. The van der Waals surface area contributed by atoms with Gasteiger partial charge in [0.05, 0.1) is 12.1 Å². The van der Waals surface area contributed by atoms with Gasteiger partial charge in [-0.25, -0.2) is 9.97 Å².